The molecule has 1 unspecified atom stereocenters. The molecular formula is C15H21N3O3. The Morgan fingerprint density at radius 2 is 2.24 bits per heavy atom. The Kier molecular flexibility index (Phi) is 3.69. The van der Waals surface area contributed by atoms with Crippen LogP contribution in [0.15, 0.2) is 12.4 Å². The van der Waals surface area contributed by atoms with Gasteiger partial charge in [-0.2, -0.15) is 5.10 Å². The Balaban J connectivity index is 1.74. The highest BCUT2D eigenvalue weighted by molar-refractivity contribution is 5.96. The maximum absolute atomic E-state index is 12.6. The second-order valence-electron chi connectivity index (χ2n) is 5.93. The lowest BCUT2D eigenvalue weighted by atomic mass is 9.75. The number of hydrogen-bond acceptors (Lipinski definition) is 4. The Hall–Kier alpha value is -1.85. The quantitative estimate of drug-likeness (QED) is 0.866. The van der Waals surface area contributed by atoms with Gasteiger partial charge in [0.2, 0.25) is 5.91 Å². The number of hydrogen-bond donors (Lipinski definition) is 1. The van der Waals surface area contributed by atoms with Gasteiger partial charge in [0.1, 0.15) is 5.60 Å². The van der Waals surface area contributed by atoms with Crippen molar-refractivity contribution in [3.8, 4) is 0 Å². The van der Waals surface area contributed by atoms with E-state index in [1.54, 1.807) is 17.1 Å². The van der Waals surface area contributed by atoms with Gasteiger partial charge in [0.05, 0.1) is 24.2 Å². The summed E-state index contributed by atoms with van der Waals surface area (Å²) in [5.74, 6) is -0.755. The molecule has 1 spiro atoms. The molecule has 1 aromatic rings. The maximum atomic E-state index is 12.6. The lowest BCUT2D eigenvalue weighted by molar-refractivity contribution is -0.153. The Labute approximate surface area is 123 Å². The standard InChI is InChI=1S/C15H21N3O3/c1-2-18-10-11(9-16-18)17-14(20)12-8-13(19)21-15(12)6-4-3-5-7-15/h9-10,12H,2-8H2,1H3,(H,17,20). The van der Waals surface area contributed by atoms with E-state index in [-0.39, 0.29) is 24.2 Å². The molecule has 1 atom stereocenters. The number of amides is 1. The van der Waals surface area contributed by atoms with Crippen molar-refractivity contribution in [1.82, 2.24) is 9.78 Å². The predicted molar refractivity (Wildman–Crippen MR) is 76.5 cm³/mol. The van der Waals surface area contributed by atoms with Crippen LogP contribution in [0.2, 0.25) is 0 Å². The van der Waals surface area contributed by atoms with Crippen LogP contribution in [-0.2, 0) is 20.9 Å². The molecule has 1 aromatic heterocycles. The summed E-state index contributed by atoms with van der Waals surface area (Å²) in [5, 5.41) is 7.01. The maximum Gasteiger partial charge on any atom is 0.307 e. The van der Waals surface area contributed by atoms with Crippen LogP contribution in [0.5, 0.6) is 0 Å². The molecule has 2 aliphatic rings. The van der Waals surface area contributed by atoms with Gasteiger partial charge >= 0.3 is 5.97 Å². The minimum Gasteiger partial charge on any atom is -0.458 e. The molecule has 2 fully saturated rings. The first-order valence-electron chi connectivity index (χ1n) is 7.68. The highest BCUT2D eigenvalue weighted by Gasteiger charge is 2.52. The molecule has 3 rings (SSSR count). The van der Waals surface area contributed by atoms with Crippen molar-refractivity contribution in [1.29, 1.82) is 0 Å². The number of anilines is 1. The molecule has 6 nitrogen and oxygen atoms in total. The van der Waals surface area contributed by atoms with Crippen molar-refractivity contribution < 1.29 is 14.3 Å². The number of carbonyl (C=O) groups is 2. The first-order valence-corrected chi connectivity index (χ1v) is 7.68. The Morgan fingerprint density at radius 3 is 2.90 bits per heavy atom. The fraction of sp³-hybridized carbons (Fsp3) is 0.667. The average molecular weight is 291 g/mol. The monoisotopic (exact) mass is 291 g/mol. The minimum absolute atomic E-state index is 0.126. The molecule has 0 bridgehead atoms. The molecule has 2 heterocycles. The van der Waals surface area contributed by atoms with E-state index >= 15 is 0 Å². The van der Waals surface area contributed by atoms with Crippen LogP contribution in [-0.4, -0.2) is 27.3 Å². The number of esters is 1. The molecule has 1 aliphatic heterocycles. The average Bonchev–Trinajstić information content (AvgIpc) is 3.04. The minimum atomic E-state index is -0.569. The molecule has 1 aliphatic carbocycles. The second-order valence-corrected chi connectivity index (χ2v) is 5.93. The normalized spacial score (nSPS) is 24.0. The van der Waals surface area contributed by atoms with Crippen molar-refractivity contribution in [2.45, 2.75) is 57.6 Å². The summed E-state index contributed by atoms with van der Waals surface area (Å²) in [7, 11) is 0. The fourth-order valence-electron chi connectivity index (χ4n) is 3.45. The van der Waals surface area contributed by atoms with E-state index in [2.05, 4.69) is 10.4 Å². The summed E-state index contributed by atoms with van der Waals surface area (Å²) in [6.07, 6.45) is 8.39. The SMILES string of the molecule is CCn1cc(NC(=O)C2CC(=O)OC23CCCCC3)cn1. The molecule has 21 heavy (non-hydrogen) atoms. The molecule has 0 radical (unpaired) electrons. The summed E-state index contributed by atoms with van der Waals surface area (Å²) in [6, 6.07) is 0. The number of aryl methyl sites for hydroxylation is 1. The molecule has 1 saturated heterocycles. The van der Waals surface area contributed by atoms with Crippen LogP contribution in [0.3, 0.4) is 0 Å². The van der Waals surface area contributed by atoms with Gasteiger partial charge in [-0.3, -0.25) is 14.3 Å². The van der Waals surface area contributed by atoms with Crippen LogP contribution < -0.4 is 5.32 Å². The number of rotatable bonds is 3. The number of nitrogens with one attached hydrogen (secondary N) is 1. The first-order chi connectivity index (χ1) is 10.1. The largest absolute Gasteiger partial charge is 0.458 e. The topological polar surface area (TPSA) is 73.2 Å². The summed E-state index contributed by atoms with van der Waals surface area (Å²) in [4.78, 5) is 24.3. The predicted octanol–water partition coefficient (Wildman–Crippen LogP) is 2.11. The zero-order valence-electron chi connectivity index (χ0n) is 12.3. The fourth-order valence-corrected chi connectivity index (χ4v) is 3.45. The van der Waals surface area contributed by atoms with Gasteiger partial charge < -0.3 is 10.1 Å². The van der Waals surface area contributed by atoms with Crippen LogP contribution in [0, 0.1) is 5.92 Å². The zero-order valence-corrected chi connectivity index (χ0v) is 12.3. The summed E-state index contributed by atoms with van der Waals surface area (Å²) in [6.45, 7) is 2.74. The van der Waals surface area contributed by atoms with Gasteiger partial charge in [0, 0.05) is 12.7 Å². The number of aromatic nitrogens is 2. The van der Waals surface area contributed by atoms with E-state index in [4.69, 9.17) is 4.74 Å². The van der Waals surface area contributed by atoms with Crippen LogP contribution >= 0.6 is 0 Å². The second kappa shape index (κ2) is 5.50. The van der Waals surface area contributed by atoms with Gasteiger partial charge in [0.15, 0.2) is 0 Å². The van der Waals surface area contributed by atoms with E-state index in [1.165, 1.54) is 0 Å². The van der Waals surface area contributed by atoms with Crippen LogP contribution in [0.1, 0.15) is 45.4 Å². The molecule has 1 N–H and O–H groups in total. The highest BCUT2D eigenvalue weighted by atomic mass is 16.6. The molecule has 0 aromatic carbocycles. The van der Waals surface area contributed by atoms with Crippen LogP contribution in [0.25, 0.3) is 0 Å². The first kappa shape index (κ1) is 14.1. The van der Waals surface area contributed by atoms with Gasteiger partial charge in [-0.1, -0.05) is 6.42 Å². The van der Waals surface area contributed by atoms with E-state index in [0.717, 1.165) is 38.6 Å². The van der Waals surface area contributed by atoms with Gasteiger partial charge in [-0.25, -0.2) is 0 Å². The van der Waals surface area contributed by atoms with E-state index in [9.17, 15) is 9.59 Å². The van der Waals surface area contributed by atoms with Gasteiger partial charge in [-0.05, 0) is 32.6 Å². The van der Waals surface area contributed by atoms with Crippen molar-refractivity contribution in [2.75, 3.05) is 5.32 Å². The third kappa shape index (κ3) is 2.66. The Morgan fingerprint density at radius 1 is 1.48 bits per heavy atom. The lowest BCUT2D eigenvalue weighted by Crippen LogP contribution is -2.43. The molecule has 114 valence electrons. The summed E-state index contributed by atoms with van der Waals surface area (Å²) >= 11 is 0. The zero-order chi connectivity index (χ0) is 14.9. The summed E-state index contributed by atoms with van der Waals surface area (Å²) in [5.41, 5.74) is 0.104. The number of ether oxygens (including phenoxy) is 1. The van der Waals surface area contributed by atoms with E-state index in [1.807, 2.05) is 6.92 Å². The molecule has 1 saturated carbocycles. The third-order valence-electron chi connectivity index (χ3n) is 4.56. The van der Waals surface area contributed by atoms with Crippen molar-refractivity contribution in [3.63, 3.8) is 0 Å². The molecule has 6 heteroatoms. The number of nitrogens with zero attached hydrogens (tertiary/aromatic N) is 2. The van der Waals surface area contributed by atoms with E-state index in [0.29, 0.717) is 5.69 Å². The third-order valence-corrected chi connectivity index (χ3v) is 4.56. The highest BCUT2D eigenvalue weighted by Crippen LogP contribution is 2.44. The van der Waals surface area contributed by atoms with E-state index < -0.39 is 5.60 Å². The number of carbonyl (C=O) groups excluding carboxylic acids is 2. The summed E-state index contributed by atoms with van der Waals surface area (Å²) < 4.78 is 7.32. The van der Waals surface area contributed by atoms with Crippen molar-refractivity contribution in [2.24, 2.45) is 5.92 Å². The Bertz CT molecular complexity index is 546. The van der Waals surface area contributed by atoms with Crippen LogP contribution in [0.4, 0.5) is 5.69 Å². The van der Waals surface area contributed by atoms with Crippen molar-refractivity contribution in [3.05, 3.63) is 12.4 Å². The smallest absolute Gasteiger partial charge is 0.307 e. The molecule has 1 amide bonds. The van der Waals surface area contributed by atoms with Crippen molar-refractivity contribution >= 4 is 17.6 Å². The molecular weight excluding hydrogens is 270 g/mol. The van der Waals surface area contributed by atoms with Gasteiger partial charge in [-0.15, -0.1) is 0 Å². The van der Waals surface area contributed by atoms with Gasteiger partial charge in [0.25, 0.3) is 0 Å². The lowest BCUT2D eigenvalue weighted by Gasteiger charge is -2.35.